The average Bonchev–Trinajstić information content (AvgIpc) is 3.11. The van der Waals surface area contributed by atoms with Crippen LogP contribution in [0.5, 0.6) is 0 Å². The molecule has 0 saturated heterocycles. The van der Waals surface area contributed by atoms with E-state index in [1.54, 1.807) is 6.20 Å². The number of imidazole rings is 1. The summed E-state index contributed by atoms with van der Waals surface area (Å²) in [5.41, 5.74) is -0.416. The molecule has 0 aromatic carbocycles. The lowest BCUT2D eigenvalue weighted by Gasteiger charge is -2.37. The van der Waals surface area contributed by atoms with Gasteiger partial charge in [0.2, 0.25) is 5.82 Å². The third-order valence-electron chi connectivity index (χ3n) is 4.16. The molecule has 2 fully saturated rings. The molecule has 2 aliphatic carbocycles. The average molecular weight is 255 g/mol. The molecule has 1 aromatic rings. The number of nitrogens with zero attached hydrogens (tertiary/aromatic N) is 4. The van der Waals surface area contributed by atoms with Gasteiger partial charge in [0.15, 0.2) is 0 Å². The Morgan fingerprint density at radius 3 is 2.89 bits per heavy atom. The fourth-order valence-electron chi connectivity index (χ4n) is 3.06. The minimum absolute atomic E-state index is 0.205. The molecule has 1 aromatic heterocycles. The van der Waals surface area contributed by atoms with E-state index >= 15 is 0 Å². The zero-order chi connectivity index (χ0) is 13.3. The predicted molar refractivity (Wildman–Crippen MR) is 68.9 cm³/mol. The van der Waals surface area contributed by atoms with E-state index in [9.17, 15) is 5.26 Å². The van der Waals surface area contributed by atoms with Crippen molar-refractivity contribution in [3.8, 4) is 12.1 Å². The van der Waals surface area contributed by atoms with Gasteiger partial charge in [-0.3, -0.25) is 5.32 Å². The molecule has 0 bridgehead atoms. The van der Waals surface area contributed by atoms with E-state index in [4.69, 9.17) is 5.26 Å². The Kier molecular flexibility index (Phi) is 3.00. The number of hydrogen-bond acceptors (Lipinski definition) is 4. The van der Waals surface area contributed by atoms with Gasteiger partial charge in [0.05, 0.1) is 6.07 Å². The van der Waals surface area contributed by atoms with Crippen LogP contribution in [-0.4, -0.2) is 21.1 Å². The Bertz CT molecular complexity index is 545. The maximum absolute atomic E-state index is 9.56. The highest BCUT2D eigenvalue weighted by atomic mass is 15.1. The van der Waals surface area contributed by atoms with E-state index in [1.807, 2.05) is 10.8 Å². The minimum Gasteiger partial charge on any atom is -0.319 e. The van der Waals surface area contributed by atoms with Gasteiger partial charge in [-0.2, -0.15) is 10.5 Å². The minimum atomic E-state index is -0.416. The van der Waals surface area contributed by atoms with Crippen molar-refractivity contribution in [3.63, 3.8) is 0 Å². The maximum atomic E-state index is 9.56. The van der Waals surface area contributed by atoms with E-state index in [1.165, 1.54) is 12.8 Å². The SMILES string of the molecule is N#Cc1nccn1C1CCCC(C#N)(NC2CC2)C1. The zero-order valence-corrected chi connectivity index (χ0v) is 10.8. The molecule has 2 unspecified atom stereocenters. The van der Waals surface area contributed by atoms with Gasteiger partial charge in [0.1, 0.15) is 11.6 Å². The summed E-state index contributed by atoms with van der Waals surface area (Å²) >= 11 is 0. The third-order valence-corrected chi connectivity index (χ3v) is 4.16. The highest BCUT2D eigenvalue weighted by Crippen LogP contribution is 2.38. The highest BCUT2D eigenvalue weighted by Gasteiger charge is 2.41. The summed E-state index contributed by atoms with van der Waals surface area (Å²) in [5, 5.41) is 22.1. The van der Waals surface area contributed by atoms with Crippen molar-refractivity contribution in [2.24, 2.45) is 0 Å². The molecule has 2 aliphatic rings. The molecule has 19 heavy (non-hydrogen) atoms. The lowest BCUT2D eigenvalue weighted by molar-refractivity contribution is 0.228. The number of nitriles is 2. The molecule has 1 heterocycles. The summed E-state index contributed by atoms with van der Waals surface area (Å²) < 4.78 is 1.93. The summed E-state index contributed by atoms with van der Waals surface area (Å²) in [5.74, 6) is 0.449. The molecule has 5 nitrogen and oxygen atoms in total. The van der Waals surface area contributed by atoms with Gasteiger partial charge in [-0.15, -0.1) is 0 Å². The number of nitrogens with one attached hydrogen (secondary N) is 1. The predicted octanol–water partition coefficient (Wildman–Crippen LogP) is 1.88. The smallest absolute Gasteiger partial charge is 0.212 e. The summed E-state index contributed by atoms with van der Waals surface area (Å²) in [7, 11) is 0. The van der Waals surface area contributed by atoms with E-state index < -0.39 is 5.54 Å². The second kappa shape index (κ2) is 4.68. The first-order chi connectivity index (χ1) is 9.26. The van der Waals surface area contributed by atoms with E-state index in [2.05, 4.69) is 22.4 Å². The van der Waals surface area contributed by atoms with E-state index in [0.29, 0.717) is 11.9 Å². The van der Waals surface area contributed by atoms with Crippen molar-refractivity contribution in [2.45, 2.75) is 56.1 Å². The second-order valence-corrected chi connectivity index (χ2v) is 5.63. The Morgan fingerprint density at radius 1 is 1.37 bits per heavy atom. The summed E-state index contributed by atoms with van der Waals surface area (Å²) in [6, 6.07) is 5.34. The molecule has 2 atom stereocenters. The van der Waals surface area contributed by atoms with Crippen molar-refractivity contribution in [2.75, 3.05) is 0 Å². The van der Waals surface area contributed by atoms with Crippen LogP contribution in [0.1, 0.15) is 50.4 Å². The van der Waals surface area contributed by atoms with Gasteiger partial charge >= 0.3 is 0 Å². The fourth-order valence-corrected chi connectivity index (χ4v) is 3.06. The van der Waals surface area contributed by atoms with Crippen LogP contribution in [0.4, 0.5) is 0 Å². The molecular formula is C14H17N5. The van der Waals surface area contributed by atoms with Gasteiger partial charge in [0.25, 0.3) is 0 Å². The first-order valence-electron chi connectivity index (χ1n) is 6.88. The van der Waals surface area contributed by atoms with Gasteiger partial charge in [-0.1, -0.05) is 0 Å². The molecular weight excluding hydrogens is 238 g/mol. The van der Waals surface area contributed by atoms with Crippen molar-refractivity contribution in [1.29, 1.82) is 10.5 Å². The quantitative estimate of drug-likeness (QED) is 0.894. The van der Waals surface area contributed by atoms with Crippen molar-refractivity contribution in [1.82, 2.24) is 14.9 Å². The van der Waals surface area contributed by atoms with Crippen LogP contribution in [0.15, 0.2) is 12.4 Å². The van der Waals surface area contributed by atoms with Crippen LogP contribution in [0.25, 0.3) is 0 Å². The van der Waals surface area contributed by atoms with Crippen molar-refractivity contribution in [3.05, 3.63) is 18.2 Å². The lowest BCUT2D eigenvalue weighted by atomic mass is 9.79. The first kappa shape index (κ1) is 12.2. The third kappa shape index (κ3) is 2.34. The molecule has 0 spiro atoms. The van der Waals surface area contributed by atoms with Crippen LogP contribution in [0, 0.1) is 22.7 Å². The van der Waals surface area contributed by atoms with Crippen LogP contribution in [0.3, 0.4) is 0 Å². The highest BCUT2D eigenvalue weighted by molar-refractivity contribution is 5.17. The lowest BCUT2D eigenvalue weighted by Crippen LogP contribution is -2.49. The molecule has 98 valence electrons. The van der Waals surface area contributed by atoms with Crippen LogP contribution in [0.2, 0.25) is 0 Å². The maximum Gasteiger partial charge on any atom is 0.212 e. The molecule has 0 radical (unpaired) electrons. The monoisotopic (exact) mass is 255 g/mol. The van der Waals surface area contributed by atoms with E-state index in [-0.39, 0.29) is 6.04 Å². The molecule has 0 aliphatic heterocycles. The normalized spacial score (nSPS) is 30.5. The number of aromatic nitrogens is 2. The van der Waals surface area contributed by atoms with Crippen molar-refractivity contribution >= 4 is 0 Å². The van der Waals surface area contributed by atoms with Crippen LogP contribution >= 0.6 is 0 Å². The Hall–Kier alpha value is -1.85. The Morgan fingerprint density at radius 2 is 2.21 bits per heavy atom. The van der Waals surface area contributed by atoms with Crippen LogP contribution in [-0.2, 0) is 0 Å². The van der Waals surface area contributed by atoms with Crippen LogP contribution < -0.4 is 5.32 Å². The summed E-state index contributed by atoms with van der Waals surface area (Å²) in [4.78, 5) is 4.06. The van der Waals surface area contributed by atoms with Gasteiger partial charge in [0, 0.05) is 24.5 Å². The molecule has 2 saturated carbocycles. The first-order valence-corrected chi connectivity index (χ1v) is 6.88. The van der Waals surface area contributed by atoms with Crippen molar-refractivity contribution < 1.29 is 0 Å². The molecule has 0 amide bonds. The standard InChI is InChI=1S/C14H17N5/c15-9-13-17-6-7-19(13)12-2-1-5-14(8-12,10-16)18-11-3-4-11/h6-7,11-12,18H,1-5,8H2. The number of hydrogen-bond donors (Lipinski definition) is 1. The topological polar surface area (TPSA) is 77.4 Å². The molecule has 3 rings (SSSR count). The fraction of sp³-hybridized carbons (Fsp3) is 0.643. The molecule has 5 heteroatoms. The summed E-state index contributed by atoms with van der Waals surface area (Å²) in [6.07, 6.45) is 9.59. The molecule has 1 N–H and O–H groups in total. The zero-order valence-electron chi connectivity index (χ0n) is 10.8. The summed E-state index contributed by atoms with van der Waals surface area (Å²) in [6.45, 7) is 0. The number of rotatable bonds is 3. The Balaban J connectivity index is 1.81. The van der Waals surface area contributed by atoms with Gasteiger partial charge in [-0.25, -0.2) is 4.98 Å². The van der Waals surface area contributed by atoms with Gasteiger partial charge in [-0.05, 0) is 38.5 Å². The van der Waals surface area contributed by atoms with E-state index in [0.717, 1.165) is 25.7 Å². The Labute approximate surface area is 112 Å². The largest absolute Gasteiger partial charge is 0.319 e. The van der Waals surface area contributed by atoms with Gasteiger partial charge < -0.3 is 4.57 Å². The second-order valence-electron chi connectivity index (χ2n) is 5.63.